The molecule has 7 nitrogen and oxygen atoms in total. The van der Waals surface area contributed by atoms with Crippen molar-refractivity contribution in [3.8, 4) is 0 Å². The molecule has 1 unspecified atom stereocenters. The molecule has 0 amide bonds. The molecule has 9 heteroatoms. The summed E-state index contributed by atoms with van der Waals surface area (Å²) in [4.78, 5) is 4.75. The smallest absolute Gasteiger partial charge is 0.304 e. The third kappa shape index (κ3) is 19.9. The summed E-state index contributed by atoms with van der Waals surface area (Å²) >= 11 is 0. The van der Waals surface area contributed by atoms with Crippen molar-refractivity contribution >= 4 is 19.3 Å². The molecule has 21 heavy (non-hydrogen) atoms. The summed E-state index contributed by atoms with van der Waals surface area (Å²) in [6, 6.07) is 0. The quantitative estimate of drug-likeness (QED) is 0.410. The van der Waals surface area contributed by atoms with Gasteiger partial charge in [-0.2, -0.15) is 8.42 Å². The van der Waals surface area contributed by atoms with Gasteiger partial charge in [0.2, 0.25) is 0 Å². The molecule has 0 aliphatic heterocycles. The summed E-state index contributed by atoms with van der Waals surface area (Å²) in [5, 5.41) is 0. The molecule has 0 aliphatic carbocycles. The van der Waals surface area contributed by atoms with Gasteiger partial charge >= 0.3 is 19.3 Å². The first-order chi connectivity index (χ1) is 9.64. The Labute approximate surface area is 132 Å². The highest BCUT2D eigenvalue weighted by Gasteiger charge is 2.10. The fraction of sp³-hybridized carbons (Fsp3) is 1.00. The van der Waals surface area contributed by atoms with E-state index in [1.807, 2.05) is 0 Å². The molecule has 0 saturated carbocycles. The van der Waals surface area contributed by atoms with E-state index in [1.165, 1.54) is 39.3 Å². The summed E-state index contributed by atoms with van der Waals surface area (Å²) in [6.45, 7) is 20.2. The van der Waals surface area contributed by atoms with E-state index in [9.17, 15) is 12.6 Å². The fourth-order valence-corrected chi connectivity index (χ4v) is 1.34. The van der Waals surface area contributed by atoms with Crippen LogP contribution >= 0.6 is 0 Å². The normalized spacial score (nSPS) is 12.3. The van der Waals surface area contributed by atoms with Crippen LogP contribution in [0.4, 0.5) is 0 Å². The second-order valence-corrected chi connectivity index (χ2v) is 7.29. The molecule has 1 atom stereocenters. The minimum atomic E-state index is -4.71. The minimum Gasteiger partial charge on any atom is -0.304 e. The number of rotatable bonds is 7. The van der Waals surface area contributed by atoms with Gasteiger partial charge in [0.05, 0.1) is 0 Å². The molecule has 0 bridgehead atoms. The Kier molecular flexibility index (Phi) is 20.1. The third-order valence-electron chi connectivity index (χ3n) is 2.86. The molecule has 132 valence electrons. The molecule has 0 aromatic rings. The van der Waals surface area contributed by atoms with Crippen LogP contribution in [-0.2, 0) is 19.3 Å². The van der Waals surface area contributed by atoms with Crippen molar-refractivity contribution in [3.63, 3.8) is 0 Å². The summed E-state index contributed by atoms with van der Waals surface area (Å²) in [5.74, 6) is 0. The van der Waals surface area contributed by atoms with Crippen LogP contribution < -0.4 is 0 Å². The molecule has 0 spiro atoms. The molecule has 0 radical (unpaired) electrons. The van der Waals surface area contributed by atoms with Crippen LogP contribution in [0.25, 0.3) is 0 Å². The van der Waals surface area contributed by atoms with Crippen molar-refractivity contribution in [2.24, 2.45) is 0 Å². The average molecular weight is 349 g/mol. The number of hydrogen-bond donors (Lipinski definition) is 2. The lowest BCUT2D eigenvalue weighted by atomic mass is 10.5. The predicted molar refractivity (Wildman–Crippen MR) is 89.2 cm³/mol. The number of hydrogen-bond acceptors (Lipinski definition) is 5. The Balaban J connectivity index is -0.000000231. The molecular weight excluding hydrogens is 316 g/mol. The van der Waals surface area contributed by atoms with Gasteiger partial charge in [-0.05, 0) is 39.3 Å². The van der Waals surface area contributed by atoms with Crippen molar-refractivity contribution in [2.75, 3.05) is 39.3 Å². The van der Waals surface area contributed by atoms with Crippen molar-refractivity contribution < 1.29 is 21.7 Å². The SMILES string of the molecule is CCN(CC)CC.CCN(CC)CC.O=S(O)S(=O)(=O)O. The van der Waals surface area contributed by atoms with Gasteiger partial charge in [0.25, 0.3) is 0 Å². The largest absolute Gasteiger partial charge is 0.373 e. The topological polar surface area (TPSA) is 98.2 Å². The Morgan fingerprint density at radius 2 is 0.905 bits per heavy atom. The van der Waals surface area contributed by atoms with Gasteiger partial charge in [0.15, 0.2) is 0 Å². The van der Waals surface area contributed by atoms with Crippen LogP contribution in [0.2, 0.25) is 0 Å². The van der Waals surface area contributed by atoms with E-state index in [0.717, 1.165) is 0 Å². The van der Waals surface area contributed by atoms with Crippen molar-refractivity contribution in [1.29, 1.82) is 0 Å². The van der Waals surface area contributed by atoms with Crippen molar-refractivity contribution in [2.45, 2.75) is 41.5 Å². The summed E-state index contributed by atoms with van der Waals surface area (Å²) in [6.07, 6.45) is 0. The predicted octanol–water partition coefficient (Wildman–Crippen LogP) is 1.71. The molecule has 0 aliphatic rings. The lowest BCUT2D eigenvalue weighted by Crippen LogP contribution is -2.21. The van der Waals surface area contributed by atoms with Crippen LogP contribution in [0.3, 0.4) is 0 Å². The van der Waals surface area contributed by atoms with Crippen molar-refractivity contribution in [1.82, 2.24) is 9.80 Å². The molecule has 0 saturated heterocycles. The Morgan fingerprint density at radius 1 is 0.762 bits per heavy atom. The highest BCUT2D eigenvalue weighted by molar-refractivity contribution is 8.59. The van der Waals surface area contributed by atoms with E-state index in [1.54, 1.807) is 0 Å². The zero-order valence-corrected chi connectivity index (χ0v) is 15.7. The molecule has 0 heterocycles. The lowest BCUT2D eigenvalue weighted by molar-refractivity contribution is 0.321. The van der Waals surface area contributed by atoms with E-state index in [0.29, 0.717) is 0 Å². The van der Waals surface area contributed by atoms with Gasteiger partial charge < -0.3 is 9.80 Å². The molecule has 0 aromatic carbocycles. The van der Waals surface area contributed by atoms with Crippen LogP contribution in [0.1, 0.15) is 41.5 Å². The Bertz CT molecular complexity index is 306. The van der Waals surface area contributed by atoms with Crippen molar-refractivity contribution in [3.05, 3.63) is 0 Å². The Hall–Kier alpha value is -0.0600. The highest BCUT2D eigenvalue weighted by Crippen LogP contribution is 1.83. The van der Waals surface area contributed by atoms with E-state index >= 15 is 0 Å². The molecule has 2 N–H and O–H groups in total. The van der Waals surface area contributed by atoms with E-state index in [-0.39, 0.29) is 0 Å². The number of nitrogens with zero attached hydrogens (tertiary/aromatic N) is 2. The molecule has 0 rings (SSSR count). The molecule has 0 fully saturated rings. The fourth-order valence-electron chi connectivity index (χ4n) is 1.34. The van der Waals surface area contributed by atoms with Crippen LogP contribution in [-0.4, -0.2) is 70.8 Å². The average Bonchev–Trinajstić information content (AvgIpc) is 2.43. The highest BCUT2D eigenvalue weighted by atomic mass is 33.2. The second kappa shape index (κ2) is 16.3. The first-order valence-electron chi connectivity index (χ1n) is 7.17. The lowest BCUT2D eigenvalue weighted by Gasteiger charge is -2.13. The van der Waals surface area contributed by atoms with E-state index < -0.39 is 19.3 Å². The monoisotopic (exact) mass is 348 g/mol. The van der Waals surface area contributed by atoms with Crippen LogP contribution in [0.5, 0.6) is 0 Å². The summed E-state index contributed by atoms with van der Waals surface area (Å²) in [5.41, 5.74) is 0. The van der Waals surface area contributed by atoms with E-state index in [2.05, 4.69) is 51.3 Å². The first kappa shape index (κ1) is 25.9. The minimum absolute atomic E-state index is 1.19. The third-order valence-corrected chi connectivity index (χ3v) is 4.30. The van der Waals surface area contributed by atoms with Gasteiger partial charge in [-0.3, -0.25) is 9.11 Å². The molecule has 0 aromatic heterocycles. The maximum absolute atomic E-state index is 9.34. The maximum atomic E-state index is 9.34. The summed E-state index contributed by atoms with van der Waals surface area (Å²) < 4.78 is 43.0. The van der Waals surface area contributed by atoms with Gasteiger partial charge in [-0.15, -0.1) is 0 Å². The zero-order valence-electron chi connectivity index (χ0n) is 14.1. The molecular formula is C12H32N2O5S2. The van der Waals surface area contributed by atoms with Gasteiger partial charge in [0.1, 0.15) is 0 Å². The van der Waals surface area contributed by atoms with Gasteiger partial charge in [-0.1, -0.05) is 41.5 Å². The summed E-state index contributed by atoms with van der Waals surface area (Å²) in [7, 11) is -7.87. The Morgan fingerprint density at radius 3 is 0.905 bits per heavy atom. The van der Waals surface area contributed by atoms with Crippen LogP contribution in [0, 0.1) is 0 Å². The zero-order chi connectivity index (χ0) is 17.5. The van der Waals surface area contributed by atoms with E-state index in [4.69, 9.17) is 9.11 Å². The van der Waals surface area contributed by atoms with Gasteiger partial charge in [-0.25, -0.2) is 4.21 Å². The van der Waals surface area contributed by atoms with Crippen LogP contribution in [0.15, 0.2) is 0 Å². The first-order valence-corrected chi connectivity index (χ1v) is 10.2. The second-order valence-electron chi connectivity index (χ2n) is 3.88. The van der Waals surface area contributed by atoms with Gasteiger partial charge in [0, 0.05) is 0 Å². The standard InChI is InChI=1S/2C6H15N.H2O5S2/c2*1-4-7(5-2)6-3;1-6(2)7(3,4)5/h2*4-6H2,1-3H3;(H,1,2)(H,3,4,5). The maximum Gasteiger partial charge on any atom is 0.373 e.